The molecule has 1 atom stereocenters. The molecule has 1 fully saturated rings. The van der Waals surface area contributed by atoms with Crippen molar-refractivity contribution in [2.75, 3.05) is 20.2 Å². The summed E-state index contributed by atoms with van der Waals surface area (Å²) < 4.78 is 38.5. The molecule has 1 aliphatic rings. The van der Waals surface area contributed by atoms with Crippen molar-refractivity contribution >= 4 is 21.8 Å². The highest BCUT2D eigenvalue weighted by atomic mass is 32.2. The Balaban J connectivity index is 1.84. The molecule has 2 aromatic carbocycles. The number of sulfonamides is 1. The summed E-state index contributed by atoms with van der Waals surface area (Å²) in [6.45, 7) is 2.36. The van der Waals surface area contributed by atoms with Crippen molar-refractivity contribution in [3.63, 3.8) is 0 Å². The SMILES string of the molecule is COc1ccc(C(=O)OC(C)C(=O)c2ccccc2)cc1S(=O)(=O)N1CCCCCC1. The Labute approximate surface area is 183 Å². The number of methoxy groups -OCH3 is 1. The topological polar surface area (TPSA) is 90.0 Å². The van der Waals surface area contributed by atoms with Crippen molar-refractivity contribution in [2.24, 2.45) is 0 Å². The molecular weight excluding hydrogens is 418 g/mol. The minimum Gasteiger partial charge on any atom is -0.495 e. The Morgan fingerprint density at radius 2 is 1.58 bits per heavy atom. The van der Waals surface area contributed by atoms with Gasteiger partial charge in [-0.25, -0.2) is 13.2 Å². The fraction of sp³-hybridized carbons (Fsp3) is 0.391. The molecule has 0 bridgehead atoms. The minimum absolute atomic E-state index is 0.0434. The molecule has 1 unspecified atom stereocenters. The Hall–Kier alpha value is -2.71. The summed E-state index contributed by atoms with van der Waals surface area (Å²) in [6, 6.07) is 12.7. The molecular formula is C23H27NO6S. The van der Waals surface area contributed by atoms with Crippen LogP contribution in [0.4, 0.5) is 0 Å². The highest BCUT2D eigenvalue weighted by Gasteiger charge is 2.30. The van der Waals surface area contributed by atoms with Crippen LogP contribution in [0.15, 0.2) is 53.4 Å². The first-order valence-corrected chi connectivity index (χ1v) is 11.8. The van der Waals surface area contributed by atoms with Crippen LogP contribution in [0.1, 0.15) is 53.3 Å². The fourth-order valence-electron chi connectivity index (χ4n) is 3.55. The lowest BCUT2D eigenvalue weighted by molar-refractivity contribution is 0.0318. The van der Waals surface area contributed by atoms with E-state index < -0.39 is 22.1 Å². The van der Waals surface area contributed by atoms with Gasteiger partial charge in [0.05, 0.1) is 12.7 Å². The van der Waals surface area contributed by atoms with E-state index in [4.69, 9.17) is 9.47 Å². The van der Waals surface area contributed by atoms with Crippen LogP contribution in [0.2, 0.25) is 0 Å². The monoisotopic (exact) mass is 445 g/mol. The smallest absolute Gasteiger partial charge is 0.338 e. The summed E-state index contributed by atoms with van der Waals surface area (Å²) >= 11 is 0. The van der Waals surface area contributed by atoms with Crippen LogP contribution in [-0.2, 0) is 14.8 Å². The van der Waals surface area contributed by atoms with Crippen LogP contribution in [0, 0.1) is 0 Å². The molecule has 0 saturated carbocycles. The van der Waals surface area contributed by atoms with Gasteiger partial charge in [0, 0.05) is 18.7 Å². The quantitative estimate of drug-likeness (QED) is 0.477. The summed E-state index contributed by atoms with van der Waals surface area (Å²) in [4.78, 5) is 25.1. The highest BCUT2D eigenvalue weighted by Crippen LogP contribution is 2.29. The predicted molar refractivity (Wildman–Crippen MR) is 116 cm³/mol. The van der Waals surface area contributed by atoms with Crippen LogP contribution in [0.25, 0.3) is 0 Å². The summed E-state index contributed by atoms with van der Waals surface area (Å²) in [5, 5.41) is 0. The van der Waals surface area contributed by atoms with Gasteiger partial charge in [0.1, 0.15) is 10.6 Å². The normalized spacial score (nSPS) is 16.2. The molecule has 0 aliphatic carbocycles. The number of benzene rings is 2. The van der Waals surface area contributed by atoms with Crippen molar-refractivity contribution in [1.29, 1.82) is 0 Å². The second kappa shape index (κ2) is 10.1. The minimum atomic E-state index is -3.84. The van der Waals surface area contributed by atoms with Crippen LogP contribution in [0.5, 0.6) is 5.75 Å². The molecule has 3 rings (SSSR count). The van der Waals surface area contributed by atoms with E-state index in [0.29, 0.717) is 18.7 Å². The standard InChI is InChI=1S/C23H27NO6S/c1-17(22(25)18-10-6-5-7-11-18)30-23(26)19-12-13-20(29-2)21(16-19)31(27,28)24-14-8-3-4-9-15-24/h5-7,10-13,16-17H,3-4,8-9,14-15H2,1-2H3. The third-order valence-electron chi connectivity index (χ3n) is 5.29. The number of ether oxygens (including phenoxy) is 2. The molecule has 0 radical (unpaired) electrons. The summed E-state index contributed by atoms with van der Waals surface area (Å²) in [7, 11) is -2.45. The van der Waals surface area contributed by atoms with E-state index in [1.54, 1.807) is 30.3 Å². The van der Waals surface area contributed by atoms with Gasteiger partial charge in [-0.15, -0.1) is 0 Å². The zero-order valence-electron chi connectivity index (χ0n) is 17.7. The number of carbonyl (C=O) groups is 2. The number of ketones is 1. The lowest BCUT2D eigenvalue weighted by Crippen LogP contribution is -2.32. The van der Waals surface area contributed by atoms with E-state index in [1.165, 1.54) is 36.5 Å². The van der Waals surface area contributed by atoms with Gasteiger partial charge in [0.2, 0.25) is 15.8 Å². The third kappa shape index (κ3) is 5.32. The zero-order valence-corrected chi connectivity index (χ0v) is 18.6. The molecule has 0 amide bonds. The zero-order chi connectivity index (χ0) is 22.4. The van der Waals surface area contributed by atoms with Crippen molar-refractivity contribution in [2.45, 2.75) is 43.6 Å². The van der Waals surface area contributed by atoms with Gasteiger partial charge < -0.3 is 9.47 Å². The molecule has 2 aromatic rings. The molecule has 0 spiro atoms. The fourth-order valence-corrected chi connectivity index (χ4v) is 5.24. The largest absolute Gasteiger partial charge is 0.495 e. The van der Waals surface area contributed by atoms with Crippen molar-refractivity contribution in [1.82, 2.24) is 4.31 Å². The second-order valence-corrected chi connectivity index (χ2v) is 9.37. The summed E-state index contributed by atoms with van der Waals surface area (Å²) in [5.74, 6) is -0.944. The molecule has 8 heteroatoms. The Morgan fingerprint density at radius 1 is 0.935 bits per heavy atom. The number of esters is 1. The van der Waals surface area contributed by atoms with Crippen LogP contribution < -0.4 is 4.74 Å². The van der Waals surface area contributed by atoms with Gasteiger partial charge in [-0.3, -0.25) is 4.79 Å². The first-order valence-electron chi connectivity index (χ1n) is 10.3. The molecule has 7 nitrogen and oxygen atoms in total. The van der Waals surface area contributed by atoms with Crippen LogP contribution >= 0.6 is 0 Å². The third-order valence-corrected chi connectivity index (χ3v) is 7.21. The van der Waals surface area contributed by atoms with E-state index in [1.807, 2.05) is 0 Å². The first kappa shape index (κ1) is 23.0. The van der Waals surface area contributed by atoms with Crippen molar-refractivity contribution in [3.05, 3.63) is 59.7 Å². The Bertz CT molecular complexity index is 1030. The maximum Gasteiger partial charge on any atom is 0.338 e. The highest BCUT2D eigenvalue weighted by molar-refractivity contribution is 7.89. The van der Waals surface area contributed by atoms with Crippen molar-refractivity contribution < 1.29 is 27.5 Å². The molecule has 0 aromatic heterocycles. The molecule has 1 heterocycles. The van der Waals surface area contributed by atoms with E-state index in [2.05, 4.69) is 0 Å². The Morgan fingerprint density at radius 3 is 2.19 bits per heavy atom. The van der Waals surface area contributed by atoms with Gasteiger partial charge in [0.25, 0.3) is 0 Å². The van der Waals surface area contributed by atoms with Gasteiger partial charge in [-0.1, -0.05) is 43.2 Å². The number of Topliss-reactive ketones (excluding diaryl/α,β-unsaturated/α-hetero) is 1. The molecule has 0 N–H and O–H groups in total. The van der Waals surface area contributed by atoms with Crippen molar-refractivity contribution in [3.8, 4) is 5.75 Å². The maximum atomic E-state index is 13.2. The maximum absolute atomic E-state index is 13.2. The number of nitrogens with zero attached hydrogens (tertiary/aromatic N) is 1. The first-order chi connectivity index (χ1) is 14.8. The van der Waals surface area contributed by atoms with E-state index in [9.17, 15) is 18.0 Å². The number of hydrogen-bond donors (Lipinski definition) is 0. The van der Waals surface area contributed by atoms with Gasteiger partial charge in [-0.2, -0.15) is 4.31 Å². The molecule has 1 aliphatic heterocycles. The predicted octanol–water partition coefficient (Wildman–Crippen LogP) is 3.69. The van der Waals surface area contributed by atoms with Crippen LogP contribution in [0.3, 0.4) is 0 Å². The average Bonchev–Trinajstić information content (AvgIpc) is 3.09. The molecule has 31 heavy (non-hydrogen) atoms. The summed E-state index contributed by atoms with van der Waals surface area (Å²) in [6.07, 6.45) is 2.55. The van der Waals surface area contributed by atoms with E-state index in [0.717, 1.165) is 25.7 Å². The summed E-state index contributed by atoms with van der Waals surface area (Å²) in [5.41, 5.74) is 0.476. The van der Waals surface area contributed by atoms with E-state index in [-0.39, 0.29) is 22.0 Å². The van der Waals surface area contributed by atoms with E-state index >= 15 is 0 Å². The van der Waals surface area contributed by atoms with Gasteiger partial charge in [-0.05, 0) is 38.0 Å². The number of hydrogen-bond acceptors (Lipinski definition) is 6. The lowest BCUT2D eigenvalue weighted by Gasteiger charge is -2.21. The van der Waals surface area contributed by atoms with Crippen LogP contribution in [-0.4, -0.2) is 50.8 Å². The van der Waals surface area contributed by atoms with Gasteiger partial charge in [0.15, 0.2) is 6.10 Å². The number of carbonyl (C=O) groups excluding carboxylic acids is 2. The lowest BCUT2D eigenvalue weighted by atomic mass is 10.1. The Kier molecular flexibility index (Phi) is 7.46. The number of rotatable bonds is 7. The van der Waals surface area contributed by atoms with Gasteiger partial charge >= 0.3 is 5.97 Å². The average molecular weight is 446 g/mol. The molecule has 1 saturated heterocycles. The second-order valence-electron chi connectivity index (χ2n) is 7.46. The molecule has 166 valence electrons.